The predicted octanol–water partition coefficient (Wildman–Crippen LogP) is 10.5. The van der Waals surface area contributed by atoms with Gasteiger partial charge in [-0.3, -0.25) is 9.59 Å². The van der Waals surface area contributed by atoms with Gasteiger partial charge in [0.05, 0.1) is 5.56 Å². The Morgan fingerprint density at radius 3 is 1.85 bits per heavy atom. The van der Waals surface area contributed by atoms with Gasteiger partial charge in [0.25, 0.3) is 5.91 Å². The molecule has 0 unspecified atom stereocenters. The van der Waals surface area contributed by atoms with Crippen molar-refractivity contribution in [2.45, 2.75) is 75.0 Å². The number of rotatable bonds is 12. The van der Waals surface area contributed by atoms with E-state index in [1.165, 1.54) is 12.1 Å². The number of alkyl halides is 6. The molecule has 0 aromatic heterocycles. The van der Waals surface area contributed by atoms with Crippen LogP contribution in [0.3, 0.4) is 0 Å². The normalized spacial score (nSPS) is 16.9. The van der Waals surface area contributed by atoms with Crippen LogP contribution in [0.15, 0.2) is 127 Å². The second kappa shape index (κ2) is 17.6. The molecule has 5 aromatic rings. The number of benzene rings is 5. The molecule has 0 bridgehead atoms. The minimum Gasteiger partial charge on any atom is -0.445 e. The zero-order valence-corrected chi connectivity index (χ0v) is 32.5. The highest BCUT2D eigenvalue weighted by molar-refractivity contribution is 6.01. The fourth-order valence-corrected chi connectivity index (χ4v) is 8.59. The van der Waals surface area contributed by atoms with E-state index in [1.54, 1.807) is 53.4 Å². The maximum absolute atomic E-state index is 14.1. The van der Waals surface area contributed by atoms with E-state index in [0.29, 0.717) is 53.5 Å². The molecule has 2 N–H and O–H groups in total. The molecule has 7 nitrogen and oxygen atoms in total. The summed E-state index contributed by atoms with van der Waals surface area (Å²) in [6, 6.07) is 34.4. The van der Waals surface area contributed by atoms with Crippen LogP contribution in [0.2, 0.25) is 0 Å². The molecule has 1 saturated carbocycles. The Morgan fingerprint density at radius 2 is 1.25 bits per heavy atom. The van der Waals surface area contributed by atoms with Crippen LogP contribution in [0.4, 0.5) is 31.1 Å². The molecule has 2 aliphatic carbocycles. The van der Waals surface area contributed by atoms with Crippen molar-refractivity contribution in [1.82, 2.24) is 15.5 Å². The maximum Gasteiger partial charge on any atom is 0.416 e. The largest absolute Gasteiger partial charge is 0.445 e. The monoisotopic (exact) mass is 827 g/mol. The number of carbonyl (C=O) groups excluding carboxylic acids is 3. The summed E-state index contributed by atoms with van der Waals surface area (Å²) in [6.45, 7) is -1.32. The molecule has 2 aliphatic rings. The Morgan fingerprint density at radius 1 is 0.683 bits per heavy atom. The molecule has 0 heterocycles. The summed E-state index contributed by atoms with van der Waals surface area (Å²) in [5.41, 5.74) is 2.53. The maximum atomic E-state index is 14.1. The summed E-state index contributed by atoms with van der Waals surface area (Å²) in [5.74, 6) is -1.15. The molecule has 3 amide bonds. The standard InChI is InChI=1S/C47H43F6N3O4/c48-46(49,50)30-54-43(58)45(40-17-8-6-14-37(40)38-15-7-9-18-41(38)45)27-10-28-56(44(59)60-29-31-11-2-1-3-12-31)35-25-23-34(24-26-35)55-42(57)39-16-5-4-13-36(39)32-19-21-33(22-20-32)47(51,52)53/h1-9,11-22,34-35H,10,23-30H2,(H,54,58)(H,55,57). The fourth-order valence-electron chi connectivity index (χ4n) is 8.59. The van der Waals surface area contributed by atoms with Crippen molar-refractivity contribution in [3.8, 4) is 22.3 Å². The molecule has 0 atom stereocenters. The predicted molar refractivity (Wildman–Crippen MR) is 215 cm³/mol. The molecule has 7 rings (SSSR count). The minimum atomic E-state index is -4.62. The van der Waals surface area contributed by atoms with E-state index in [2.05, 4.69) is 10.6 Å². The summed E-state index contributed by atoms with van der Waals surface area (Å²) < 4.78 is 85.8. The lowest BCUT2D eigenvalue weighted by molar-refractivity contribution is -0.141. The molecular formula is C47H43F6N3O4. The van der Waals surface area contributed by atoms with Crippen LogP contribution in [0.5, 0.6) is 0 Å². The van der Waals surface area contributed by atoms with Gasteiger partial charge in [-0.05, 0) is 95.7 Å². The quantitative estimate of drug-likeness (QED) is 0.123. The van der Waals surface area contributed by atoms with E-state index in [1.807, 2.05) is 54.6 Å². The Balaban J connectivity index is 1.07. The number of nitrogens with one attached hydrogen (secondary N) is 2. The SMILES string of the molecule is O=C(NC1CCC(N(CCCC2(C(=O)NCC(F)(F)F)c3ccccc3-c3ccccc32)C(=O)OCc2ccccc2)CC1)c1ccccc1-c1ccc(C(F)(F)F)cc1. The number of hydrogen-bond donors (Lipinski definition) is 2. The zero-order chi connectivity index (χ0) is 42.5. The van der Waals surface area contributed by atoms with Gasteiger partial charge in [-0.15, -0.1) is 0 Å². The number of nitrogens with zero attached hydrogens (tertiary/aromatic N) is 1. The van der Waals surface area contributed by atoms with Crippen LogP contribution in [0.25, 0.3) is 22.3 Å². The van der Waals surface area contributed by atoms with Gasteiger partial charge in [0.1, 0.15) is 18.6 Å². The topological polar surface area (TPSA) is 87.7 Å². The van der Waals surface area contributed by atoms with Gasteiger partial charge >= 0.3 is 18.4 Å². The summed E-state index contributed by atoms with van der Waals surface area (Å²) >= 11 is 0. The van der Waals surface area contributed by atoms with Crippen molar-refractivity contribution in [1.29, 1.82) is 0 Å². The summed E-state index contributed by atoms with van der Waals surface area (Å²) in [7, 11) is 0. The van der Waals surface area contributed by atoms with Crippen LogP contribution in [-0.4, -0.2) is 54.2 Å². The van der Waals surface area contributed by atoms with Crippen molar-refractivity contribution in [3.63, 3.8) is 0 Å². The number of hydrogen-bond acceptors (Lipinski definition) is 4. The molecule has 0 radical (unpaired) electrons. The molecule has 0 spiro atoms. The van der Waals surface area contributed by atoms with Crippen LogP contribution in [0, 0.1) is 0 Å². The second-order valence-electron chi connectivity index (χ2n) is 15.2. The number of fused-ring (bicyclic) bond motifs is 3. The Labute approximate surface area is 343 Å². The molecule has 60 heavy (non-hydrogen) atoms. The van der Waals surface area contributed by atoms with Crippen molar-refractivity contribution in [2.75, 3.05) is 13.1 Å². The van der Waals surface area contributed by atoms with Crippen molar-refractivity contribution in [2.24, 2.45) is 0 Å². The van der Waals surface area contributed by atoms with Crippen LogP contribution >= 0.6 is 0 Å². The summed E-state index contributed by atoms with van der Waals surface area (Å²) in [6.07, 6.45) is -7.32. The molecular weight excluding hydrogens is 785 g/mol. The highest BCUT2D eigenvalue weighted by Gasteiger charge is 2.49. The highest BCUT2D eigenvalue weighted by atomic mass is 19.4. The van der Waals surface area contributed by atoms with Crippen LogP contribution < -0.4 is 10.6 Å². The summed E-state index contributed by atoms with van der Waals surface area (Å²) in [4.78, 5) is 43.3. The molecule has 312 valence electrons. The third kappa shape index (κ3) is 9.20. The van der Waals surface area contributed by atoms with Crippen LogP contribution in [-0.2, 0) is 27.7 Å². The third-order valence-electron chi connectivity index (χ3n) is 11.5. The summed E-state index contributed by atoms with van der Waals surface area (Å²) in [5, 5.41) is 5.23. The molecule has 1 fully saturated rings. The first-order chi connectivity index (χ1) is 28.7. The fraction of sp³-hybridized carbons (Fsp3) is 0.298. The van der Waals surface area contributed by atoms with Crippen molar-refractivity contribution >= 4 is 17.9 Å². The molecule has 5 aromatic carbocycles. The first-order valence-corrected chi connectivity index (χ1v) is 19.8. The van der Waals surface area contributed by atoms with E-state index in [0.717, 1.165) is 28.8 Å². The van der Waals surface area contributed by atoms with Gasteiger partial charge in [-0.25, -0.2) is 4.79 Å². The average Bonchev–Trinajstić information content (AvgIpc) is 3.54. The van der Waals surface area contributed by atoms with E-state index in [9.17, 15) is 40.7 Å². The molecule has 0 aliphatic heterocycles. The van der Waals surface area contributed by atoms with Gasteiger partial charge in [0, 0.05) is 24.2 Å². The number of halogens is 6. The van der Waals surface area contributed by atoms with E-state index >= 15 is 0 Å². The van der Waals surface area contributed by atoms with Gasteiger partial charge < -0.3 is 20.3 Å². The van der Waals surface area contributed by atoms with Gasteiger partial charge in [0.15, 0.2) is 0 Å². The number of carbonyl (C=O) groups is 3. The van der Waals surface area contributed by atoms with Crippen molar-refractivity contribution < 1.29 is 45.5 Å². The smallest absolute Gasteiger partial charge is 0.416 e. The Bertz CT molecular complexity index is 2260. The number of amides is 3. The van der Waals surface area contributed by atoms with Gasteiger partial charge in [-0.2, -0.15) is 26.3 Å². The van der Waals surface area contributed by atoms with E-state index in [-0.39, 0.29) is 44.0 Å². The first-order valence-electron chi connectivity index (χ1n) is 19.8. The average molecular weight is 828 g/mol. The highest BCUT2D eigenvalue weighted by Crippen LogP contribution is 2.51. The second-order valence-corrected chi connectivity index (χ2v) is 15.2. The third-order valence-corrected chi connectivity index (χ3v) is 11.5. The first kappa shape index (κ1) is 42.0. The van der Waals surface area contributed by atoms with Gasteiger partial charge in [0.2, 0.25) is 5.91 Å². The minimum absolute atomic E-state index is 0.0183. The van der Waals surface area contributed by atoms with Crippen LogP contribution in [0.1, 0.15) is 71.1 Å². The van der Waals surface area contributed by atoms with E-state index in [4.69, 9.17) is 4.74 Å². The zero-order valence-electron chi connectivity index (χ0n) is 32.5. The lowest BCUT2D eigenvalue weighted by Crippen LogP contribution is -2.49. The Kier molecular flexibility index (Phi) is 12.3. The molecule has 13 heteroatoms. The van der Waals surface area contributed by atoms with Gasteiger partial charge in [-0.1, -0.05) is 109 Å². The Hall–Kier alpha value is -6.11. The lowest BCUT2D eigenvalue weighted by Gasteiger charge is -2.37. The number of ether oxygens (including phenoxy) is 1. The lowest BCUT2D eigenvalue weighted by atomic mass is 9.73. The van der Waals surface area contributed by atoms with E-state index < -0.39 is 41.9 Å². The van der Waals surface area contributed by atoms with Crippen molar-refractivity contribution in [3.05, 3.63) is 155 Å². The molecule has 0 saturated heterocycles.